The zero-order chi connectivity index (χ0) is 15.4. The fraction of sp³-hybridized carbons (Fsp3) is 0.312. The first-order valence-electron chi connectivity index (χ1n) is 6.76. The van der Waals surface area contributed by atoms with Crippen LogP contribution in [0.3, 0.4) is 0 Å². The van der Waals surface area contributed by atoms with Gasteiger partial charge in [0.1, 0.15) is 11.6 Å². The van der Waals surface area contributed by atoms with Gasteiger partial charge in [-0.3, -0.25) is 4.98 Å². The fourth-order valence-electron chi connectivity index (χ4n) is 2.21. The average Bonchev–Trinajstić information content (AvgIpc) is 2.37. The molecule has 0 saturated carbocycles. The van der Waals surface area contributed by atoms with Crippen molar-refractivity contribution >= 4 is 15.9 Å². The fourth-order valence-corrected chi connectivity index (χ4v) is 2.72. The van der Waals surface area contributed by atoms with Crippen LogP contribution in [0.15, 0.2) is 41.0 Å². The van der Waals surface area contributed by atoms with E-state index in [0.29, 0.717) is 10.9 Å². The summed E-state index contributed by atoms with van der Waals surface area (Å²) in [5.41, 5.74) is 1.59. The van der Waals surface area contributed by atoms with E-state index in [2.05, 4.69) is 26.2 Å². The van der Waals surface area contributed by atoms with Crippen molar-refractivity contribution in [3.05, 3.63) is 63.9 Å². The minimum atomic E-state index is -0.365. The molecule has 112 valence electrons. The monoisotopic (exact) mass is 354 g/mol. The van der Waals surface area contributed by atoms with Gasteiger partial charge in [-0.15, -0.1) is 0 Å². The Morgan fingerprint density at radius 1 is 1.14 bits per heavy atom. The molecule has 2 aromatic rings. The Morgan fingerprint density at radius 3 is 2.48 bits per heavy atom. The molecule has 0 aliphatic rings. The lowest BCUT2D eigenvalue weighted by molar-refractivity contribution is 0.463. The van der Waals surface area contributed by atoms with Crippen molar-refractivity contribution in [1.29, 1.82) is 0 Å². The van der Waals surface area contributed by atoms with Gasteiger partial charge < -0.3 is 5.32 Å². The van der Waals surface area contributed by atoms with Gasteiger partial charge in [-0.2, -0.15) is 0 Å². The highest BCUT2D eigenvalue weighted by Gasteiger charge is 2.15. The number of pyridine rings is 1. The average molecular weight is 355 g/mol. The van der Waals surface area contributed by atoms with Crippen LogP contribution in [0.2, 0.25) is 0 Å². The largest absolute Gasteiger partial charge is 0.306 e. The van der Waals surface area contributed by atoms with Crippen LogP contribution in [0.4, 0.5) is 8.78 Å². The molecule has 0 aliphatic heterocycles. The zero-order valence-corrected chi connectivity index (χ0v) is 13.5. The maximum atomic E-state index is 13.5. The molecule has 0 aliphatic carbocycles. The third kappa shape index (κ3) is 4.86. The van der Waals surface area contributed by atoms with Gasteiger partial charge in [0.15, 0.2) is 0 Å². The van der Waals surface area contributed by atoms with E-state index in [9.17, 15) is 8.78 Å². The molecular formula is C16H17BrF2N2. The molecule has 0 fully saturated rings. The van der Waals surface area contributed by atoms with Crippen molar-refractivity contribution < 1.29 is 8.78 Å². The molecule has 2 nitrogen and oxygen atoms in total. The molecule has 0 amide bonds. The first kappa shape index (κ1) is 16.0. The summed E-state index contributed by atoms with van der Waals surface area (Å²) in [7, 11) is 0. The highest BCUT2D eigenvalue weighted by molar-refractivity contribution is 9.10. The second-order valence-corrected chi connectivity index (χ2v) is 6.17. The highest BCUT2D eigenvalue weighted by atomic mass is 79.9. The molecule has 0 spiro atoms. The lowest BCUT2D eigenvalue weighted by Gasteiger charge is -2.21. The van der Waals surface area contributed by atoms with Gasteiger partial charge in [-0.05, 0) is 42.3 Å². The van der Waals surface area contributed by atoms with Crippen LogP contribution in [0.1, 0.15) is 31.1 Å². The summed E-state index contributed by atoms with van der Waals surface area (Å²) in [5.74, 6) is -0.648. The van der Waals surface area contributed by atoms with Crippen molar-refractivity contribution in [2.75, 3.05) is 0 Å². The van der Waals surface area contributed by atoms with E-state index < -0.39 is 0 Å². The summed E-state index contributed by atoms with van der Waals surface area (Å²) >= 11 is 3.29. The molecule has 1 atom stereocenters. The maximum absolute atomic E-state index is 13.5. The van der Waals surface area contributed by atoms with Gasteiger partial charge >= 0.3 is 0 Å². The Hall–Kier alpha value is -1.33. The molecule has 21 heavy (non-hydrogen) atoms. The van der Waals surface area contributed by atoms with Crippen LogP contribution in [0.5, 0.6) is 0 Å². The topological polar surface area (TPSA) is 24.9 Å². The molecule has 0 bridgehead atoms. The first-order chi connectivity index (χ1) is 9.94. The van der Waals surface area contributed by atoms with E-state index in [1.54, 1.807) is 6.07 Å². The summed E-state index contributed by atoms with van der Waals surface area (Å²) in [6.07, 6.45) is 1.78. The Balaban J connectivity index is 2.25. The molecule has 0 radical (unpaired) electrons. The lowest BCUT2D eigenvalue weighted by Crippen LogP contribution is -2.30. The number of aromatic nitrogens is 1. The van der Waals surface area contributed by atoms with Crippen LogP contribution in [-0.2, 0) is 6.42 Å². The number of nitrogens with one attached hydrogen (secondary N) is 1. The standard InChI is InChI=1S/C16H17BrF2N2/c1-10(2)21-16(15-4-3-13(18)9-20-15)7-11-5-12(17)8-14(19)6-11/h3-6,8-10,16,21H,7H2,1-2H3. The Morgan fingerprint density at radius 2 is 1.90 bits per heavy atom. The van der Waals surface area contributed by atoms with E-state index in [4.69, 9.17) is 0 Å². The van der Waals surface area contributed by atoms with E-state index in [1.807, 2.05) is 19.9 Å². The first-order valence-corrected chi connectivity index (χ1v) is 7.56. The van der Waals surface area contributed by atoms with Crippen LogP contribution in [0, 0.1) is 11.6 Å². The summed E-state index contributed by atoms with van der Waals surface area (Å²) < 4.78 is 27.2. The predicted octanol–water partition coefficient (Wildman–Crippen LogP) is 4.40. The van der Waals surface area contributed by atoms with E-state index in [0.717, 1.165) is 11.3 Å². The summed E-state index contributed by atoms with van der Waals surface area (Å²) in [6, 6.07) is 7.98. The smallest absolute Gasteiger partial charge is 0.141 e. The normalized spacial score (nSPS) is 12.7. The SMILES string of the molecule is CC(C)NC(Cc1cc(F)cc(Br)c1)c1ccc(F)cn1. The van der Waals surface area contributed by atoms with Crippen LogP contribution < -0.4 is 5.32 Å². The molecule has 5 heteroatoms. The van der Waals surface area contributed by atoms with Gasteiger partial charge in [-0.25, -0.2) is 8.78 Å². The number of halogens is 3. The molecule has 1 aromatic heterocycles. The molecular weight excluding hydrogens is 338 g/mol. The summed E-state index contributed by atoms with van der Waals surface area (Å²) in [6.45, 7) is 4.05. The van der Waals surface area contributed by atoms with Crippen molar-refractivity contribution in [2.24, 2.45) is 0 Å². The Labute approximate surface area is 131 Å². The highest BCUT2D eigenvalue weighted by Crippen LogP contribution is 2.21. The van der Waals surface area contributed by atoms with Crippen LogP contribution in [-0.4, -0.2) is 11.0 Å². The second kappa shape index (κ2) is 7.09. The van der Waals surface area contributed by atoms with Gasteiger partial charge in [0.05, 0.1) is 17.9 Å². The lowest BCUT2D eigenvalue weighted by atomic mass is 10.0. The third-order valence-corrected chi connectivity index (χ3v) is 3.46. The van der Waals surface area contributed by atoms with Crippen molar-refractivity contribution in [3.8, 4) is 0 Å². The predicted molar refractivity (Wildman–Crippen MR) is 83.0 cm³/mol. The maximum Gasteiger partial charge on any atom is 0.141 e. The van der Waals surface area contributed by atoms with Gasteiger partial charge in [-0.1, -0.05) is 29.8 Å². The molecule has 1 heterocycles. The van der Waals surface area contributed by atoms with Gasteiger partial charge in [0.25, 0.3) is 0 Å². The molecule has 1 unspecified atom stereocenters. The van der Waals surface area contributed by atoms with E-state index in [1.165, 1.54) is 24.4 Å². The molecule has 0 saturated heterocycles. The van der Waals surface area contributed by atoms with Crippen molar-refractivity contribution in [2.45, 2.75) is 32.4 Å². The Kier molecular flexibility index (Phi) is 5.42. The Bertz CT molecular complexity index is 579. The second-order valence-electron chi connectivity index (χ2n) is 5.26. The third-order valence-electron chi connectivity index (χ3n) is 3.00. The van der Waals surface area contributed by atoms with Gasteiger partial charge in [0.2, 0.25) is 0 Å². The molecule has 2 rings (SSSR count). The van der Waals surface area contributed by atoms with Crippen LogP contribution >= 0.6 is 15.9 Å². The van der Waals surface area contributed by atoms with E-state index in [-0.39, 0.29) is 23.7 Å². The van der Waals surface area contributed by atoms with Gasteiger partial charge in [0, 0.05) is 10.5 Å². The summed E-state index contributed by atoms with van der Waals surface area (Å²) in [4.78, 5) is 4.13. The quantitative estimate of drug-likeness (QED) is 0.860. The minimum Gasteiger partial charge on any atom is -0.306 e. The zero-order valence-electron chi connectivity index (χ0n) is 11.9. The number of hydrogen-bond acceptors (Lipinski definition) is 2. The molecule has 1 N–H and O–H groups in total. The van der Waals surface area contributed by atoms with Crippen molar-refractivity contribution in [3.63, 3.8) is 0 Å². The number of rotatable bonds is 5. The summed E-state index contributed by atoms with van der Waals surface area (Å²) in [5, 5.41) is 3.38. The minimum absolute atomic E-state index is 0.0979. The van der Waals surface area contributed by atoms with Crippen LogP contribution in [0.25, 0.3) is 0 Å². The number of hydrogen-bond donors (Lipinski definition) is 1. The number of benzene rings is 1. The number of nitrogens with zero attached hydrogens (tertiary/aromatic N) is 1. The molecule has 1 aromatic carbocycles. The van der Waals surface area contributed by atoms with Crippen molar-refractivity contribution in [1.82, 2.24) is 10.3 Å². The van der Waals surface area contributed by atoms with E-state index >= 15 is 0 Å².